The van der Waals surface area contributed by atoms with Gasteiger partial charge in [0, 0.05) is 13.1 Å². The summed E-state index contributed by atoms with van der Waals surface area (Å²) in [7, 11) is -4.16. The summed E-state index contributed by atoms with van der Waals surface area (Å²) in [5.74, 6) is 0. The van der Waals surface area contributed by atoms with Crippen molar-refractivity contribution in [2.75, 3.05) is 0 Å². The van der Waals surface area contributed by atoms with Gasteiger partial charge in [0.25, 0.3) is 5.56 Å². The fourth-order valence-electron chi connectivity index (χ4n) is 1.32. The number of pyridine rings is 2. The first kappa shape index (κ1) is 17.6. The van der Waals surface area contributed by atoms with Crippen LogP contribution in [-0.2, 0) is 17.2 Å². The lowest BCUT2D eigenvalue weighted by molar-refractivity contribution is -0.0510. The van der Waals surface area contributed by atoms with Gasteiger partial charge in [-0.2, -0.15) is 26.9 Å². The minimum absolute atomic E-state index is 0.0796. The number of hydrogen-bond donors (Lipinski definition) is 1. The number of alkyl halides is 3. The molecule has 0 fully saturated rings. The molecule has 2 aromatic rings. The van der Waals surface area contributed by atoms with E-state index in [2.05, 4.69) is 4.98 Å². The maximum absolute atomic E-state index is 11.3. The number of aromatic nitrogens is 2. The molecule has 0 aliphatic carbocycles. The van der Waals surface area contributed by atoms with Crippen LogP contribution in [0.1, 0.15) is 5.69 Å². The third-order valence-electron chi connectivity index (χ3n) is 2.39. The van der Waals surface area contributed by atoms with E-state index in [0.29, 0.717) is 11.2 Å². The molecule has 0 saturated heterocycles. The second-order valence-corrected chi connectivity index (χ2v) is 5.28. The van der Waals surface area contributed by atoms with E-state index < -0.39 is 15.6 Å². The average molecular weight is 335 g/mol. The van der Waals surface area contributed by atoms with Gasteiger partial charge >= 0.3 is 15.6 Å². The molecule has 0 aliphatic heterocycles. The number of halogens is 3. The van der Waals surface area contributed by atoms with Crippen molar-refractivity contribution in [2.24, 2.45) is 7.05 Å². The molecule has 0 atom stereocenters. The first-order chi connectivity index (χ1) is 9.97. The second-order valence-electron chi connectivity index (χ2n) is 3.86. The topological polar surface area (TPSA) is 113 Å². The van der Waals surface area contributed by atoms with Gasteiger partial charge in [0.1, 0.15) is 11.8 Å². The first-order valence-corrected chi connectivity index (χ1v) is 6.82. The molecule has 0 radical (unpaired) electrons. The lowest BCUT2D eigenvalue weighted by Crippen LogP contribution is -2.21. The average Bonchev–Trinajstić information content (AvgIpc) is 2.41. The Kier molecular flexibility index (Phi) is 4.90. The van der Waals surface area contributed by atoms with E-state index in [0.717, 1.165) is 5.52 Å². The minimum Gasteiger partial charge on any atom is -0.310 e. The number of nitriles is 1. The number of aryl methyl sites for hydroxylation is 1. The van der Waals surface area contributed by atoms with Gasteiger partial charge in [0.05, 0.1) is 11.0 Å². The SMILES string of the molecule is Cn1c(=O)ccc2nc(C#N)ccc21.O=S(=O)(O)C(F)(F)F. The van der Waals surface area contributed by atoms with Gasteiger partial charge in [-0.05, 0) is 18.2 Å². The molecular formula is C11H8F3N3O4S. The van der Waals surface area contributed by atoms with E-state index >= 15 is 0 Å². The quantitative estimate of drug-likeness (QED) is 0.572. The van der Waals surface area contributed by atoms with Crippen LogP contribution in [0.5, 0.6) is 0 Å². The predicted octanol–water partition coefficient (Wildman–Crippen LogP) is 1.20. The summed E-state index contributed by atoms with van der Waals surface area (Å²) < 4.78 is 59.0. The monoisotopic (exact) mass is 335 g/mol. The van der Waals surface area contributed by atoms with E-state index in [1.807, 2.05) is 6.07 Å². The van der Waals surface area contributed by atoms with Crippen LogP contribution in [0.4, 0.5) is 13.2 Å². The van der Waals surface area contributed by atoms with Crippen LogP contribution in [0.3, 0.4) is 0 Å². The highest BCUT2D eigenvalue weighted by Gasteiger charge is 2.44. The summed E-state index contributed by atoms with van der Waals surface area (Å²) in [5.41, 5.74) is -3.87. The normalized spacial score (nSPS) is 11.5. The zero-order valence-electron chi connectivity index (χ0n) is 10.9. The van der Waals surface area contributed by atoms with E-state index in [1.165, 1.54) is 10.6 Å². The number of nitrogens with zero attached hydrogens (tertiary/aromatic N) is 3. The molecule has 0 amide bonds. The Hall–Kier alpha value is -2.45. The molecule has 22 heavy (non-hydrogen) atoms. The van der Waals surface area contributed by atoms with Crippen molar-refractivity contribution in [2.45, 2.75) is 5.51 Å². The van der Waals surface area contributed by atoms with Crippen molar-refractivity contribution in [3.05, 3.63) is 40.3 Å². The van der Waals surface area contributed by atoms with Gasteiger partial charge in [-0.3, -0.25) is 9.35 Å². The summed E-state index contributed by atoms with van der Waals surface area (Å²) in [6, 6.07) is 8.34. The van der Waals surface area contributed by atoms with Gasteiger partial charge in [-0.1, -0.05) is 0 Å². The van der Waals surface area contributed by atoms with Crippen LogP contribution in [0.25, 0.3) is 11.0 Å². The predicted molar refractivity (Wildman–Crippen MR) is 69.3 cm³/mol. The molecule has 7 nitrogen and oxygen atoms in total. The Labute approximate surface area is 122 Å². The molecule has 11 heteroatoms. The maximum Gasteiger partial charge on any atom is 0.522 e. The molecule has 0 unspecified atom stereocenters. The molecule has 1 N–H and O–H groups in total. The summed E-state index contributed by atoms with van der Waals surface area (Å²) >= 11 is 0. The summed E-state index contributed by atoms with van der Waals surface area (Å²) in [4.78, 5) is 15.3. The van der Waals surface area contributed by atoms with Gasteiger partial charge in [0.2, 0.25) is 0 Å². The fourth-order valence-corrected chi connectivity index (χ4v) is 1.32. The van der Waals surface area contributed by atoms with Crippen molar-refractivity contribution >= 4 is 21.2 Å². The zero-order chi connectivity index (χ0) is 17.1. The summed E-state index contributed by atoms with van der Waals surface area (Å²) in [5, 5.41) is 8.64. The Morgan fingerprint density at radius 3 is 2.27 bits per heavy atom. The van der Waals surface area contributed by atoms with Crippen LogP contribution in [0, 0.1) is 11.3 Å². The maximum atomic E-state index is 11.3. The molecule has 2 aromatic heterocycles. The Morgan fingerprint density at radius 2 is 1.82 bits per heavy atom. The standard InChI is InChI=1S/C10H7N3O.CHF3O3S/c1-13-9-4-2-7(6-11)12-8(9)3-5-10(13)14;2-1(3,4)8(5,6)7/h2-5H,1H3;(H,5,6,7). The molecule has 2 rings (SSSR count). The summed E-state index contributed by atoms with van der Waals surface area (Å²) in [6.07, 6.45) is 0. The van der Waals surface area contributed by atoms with E-state index in [1.54, 1.807) is 25.2 Å². The third kappa shape index (κ3) is 4.03. The van der Waals surface area contributed by atoms with Crippen LogP contribution in [0.2, 0.25) is 0 Å². The number of fused-ring (bicyclic) bond motifs is 1. The van der Waals surface area contributed by atoms with Crippen LogP contribution in [0.15, 0.2) is 29.1 Å². The lowest BCUT2D eigenvalue weighted by Gasteiger charge is -2.02. The molecule has 0 spiro atoms. The van der Waals surface area contributed by atoms with Gasteiger partial charge in [-0.15, -0.1) is 0 Å². The van der Waals surface area contributed by atoms with Gasteiger partial charge < -0.3 is 4.57 Å². The lowest BCUT2D eigenvalue weighted by atomic mass is 10.3. The first-order valence-electron chi connectivity index (χ1n) is 5.38. The largest absolute Gasteiger partial charge is 0.522 e. The molecule has 118 valence electrons. The van der Waals surface area contributed by atoms with Gasteiger partial charge in [0.15, 0.2) is 0 Å². The minimum atomic E-state index is -5.84. The third-order valence-corrected chi connectivity index (χ3v) is 2.97. The van der Waals surface area contributed by atoms with Crippen molar-refractivity contribution in [1.29, 1.82) is 5.26 Å². The molecular weight excluding hydrogens is 327 g/mol. The highest BCUT2D eigenvalue weighted by molar-refractivity contribution is 7.86. The van der Waals surface area contributed by atoms with E-state index in [4.69, 9.17) is 18.2 Å². The van der Waals surface area contributed by atoms with Crippen molar-refractivity contribution in [3.63, 3.8) is 0 Å². The molecule has 0 aliphatic rings. The van der Waals surface area contributed by atoms with Crippen LogP contribution >= 0.6 is 0 Å². The van der Waals surface area contributed by atoms with Crippen molar-refractivity contribution < 1.29 is 26.1 Å². The Balaban J connectivity index is 0.000000261. The Bertz CT molecular complexity index is 897. The highest BCUT2D eigenvalue weighted by Crippen LogP contribution is 2.20. The highest BCUT2D eigenvalue weighted by atomic mass is 32.2. The molecule has 0 saturated carbocycles. The van der Waals surface area contributed by atoms with Crippen LogP contribution < -0.4 is 5.56 Å². The van der Waals surface area contributed by atoms with E-state index in [9.17, 15) is 18.0 Å². The number of hydrogen-bond acceptors (Lipinski definition) is 5. The van der Waals surface area contributed by atoms with E-state index in [-0.39, 0.29) is 5.56 Å². The fraction of sp³-hybridized carbons (Fsp3) is 0.182. The molecule has 2 heterocycles. The van der Waals surface area contributed by atoms with Gasteiger partial charge in [-0.25, -0.2) is 4.98 Å². The second kappa shape index (κ2) is 6.12. The smallest absolute Gasteiger partial charge is 0.310 e. The Morgan fingerprint density at radius 1 is 1.27 bits per heavy atom. The van der Waals surface area contributed by atoms with Crippen molar-refractivity contribution in [3.8, 4) is 6.07 Å². The number of rotatable bonds is 0. The summed E-state index contributed by atoms with van der Waals surface area (Å²) in [6.45, 7) is 0. The molecule has 0 bridgehead atoms. The zero-order valence-corrected chi connectivity index (χ0v) is 11.7. The molecule has 0 aromatic carbocycles. The van der Waals surface area contributed by atoms with Crippen molar-refractivity contribution in [1.82, 2.24) is 9.55 Å². The van der Waals surface area contributed by atoms with Crippen LogP contribution in [-0.4, -0.2) is 28.0 Å².